The summed E-state index contributed by atoms with van der Waals surface area (Å²) in [6.07, 6.45) is 8.85. The molecule has 1 heterocycles. The van der Waals surface area contributed by atoms with Gasteiger partial charge >= 0.3 is 0 Å². The molecule has 0 aromatic rings. The van der Waals surface area contributed by atoms with Crippen LogP contribution in [0.1, 0.15) is 38.5 Å². The second-order valence-corrected chi connectivity index (χ2v) is 6.19. The summed E-state index contributed by atoms with van der Waals surface area (Å²) in [6.45, 7) is 5.07. The average Bonchev–Trinajstić information content (AvgIpc) is 3.17. The number of hydrogen-bond acceptors (Lipinski definition) is 2. The lowest BCUT2D eigenvalue weighted by molar-refractivity contribution is 0.323. The molecule has 0 aromatic carbocycles. The Bertz CT molecular complexity index is 203. The molecule has 2 saturated carbocycles. The van der Waals surface area contributed by atoms with E-state index >= 15 is 0 Å². The van der Waals surface area contributed by atoms with Crippen molar-refractivity contribution in [3.8, 4) is 0 Å². The Labute approximate surface area is 99.6 Å². The Morgan fingerprint density at radius 1 is 0.938 bits per heavy atom. The van der Waals surface area contributed by atoms with Crippen LogP contribution in [0.2, 0.25) is 0 Å². The van der Waals surface area contributed by atoms with Gasteiger partial charge in [0, 0.05) is 0 Å². The van der Waals surface area contributed by atoms with Crippen LogP contribution in [0.15, 0.2) is 0 Å². The third-order valence-corrected chi connectivity index (χ3v) is 4.73. The summed E-state index contributed by atoms with van der Waals surface area (Å²) in [6, 6.07) is 0. The maximum atomic E-state index is 3.77. The summed E-state index contributed by atoms with van der Waals surface area (Å²) in [5.74, 6) is 4.20. The molecule has 0 aromatic heterocycles. The van der Waals surface area contributed by atoms with Gasteiger partial charge in [-0.25, -0.2) is 0 Å². The largest absolute Gasteiger partial charge is 0.317 e. The second kappa shape index (κ2) is 5.05. The van der Waals surface area contributed by atoms with Gasteiger partial charge in [-0.1, -0.05) is 0 Å². The van der Waals surface area contributed by atoms with Gasteiger partial charge in [0.2, 0.25) is 0 Å². The lowest BCUT2D eigenvalue weighted by Gasteiger charge is -2.24. The van der Waals surface area contributed by atoms with Gasteiger partial charge in [0.05, 0.1) is 0 Å². The Morgan fingerprint density at radius 2 is 1.56 bits per heavy atom. The summed E-state index contributed by atoms with van der Waals surface area (Å²) in [5.41, 5.74) is 0. The van der Waals surface area contributed by atoms with Gasteiger partial charge in [-0.2, -0.15) is 0 Å². The number of nitrogens with one attached hydrogen (secondary N) is 2. The standard InChI is InChI=1S/C14H26N2/c1-2-12(1)14(13-3-4-13)10-16-9-11-5-7-15-8-6-11/h11-16H,1-10H2. The first-order chi connectivity index (χ1) is 7.93. The van der Waals surface area contributed by atoms with E-state index in [-0.39, 0.29) is 0 Å². The SMILES string of the molecule is C1CC(CNCC(C2CC2)C2CC2)CCN1. The van der Waals surface area contributed by atoms with Crippen LogP contribution in [0.25, 0.3) is 0 Å². The maximum Gasteiger partial charge on any atom is -0.00151 e. The second-order valence-electron chi connectivity index (χ2n) is 6.19. The molecule has 2 N–H and O–H groups in total. The van der Waals surface area contributed by atoms with E-state index in [0.29, 0.717) is 0 Å². The van der Waals surface area contributed by atoms with Crippen molar-refractivity contribution >= 4 is 0 Å². The van der Waals surface area contributed by atoms with Crippen LogP contribution in [0.3, 0.4) is 0 Å². The normalized spacial score (nSPS) is 27.6. The highest BCUT2D eigenvalue weighted by atomic mass is 14.9. The van der Waals surface area contributed by atoms with E-state index in [9.17, 15) is 0 Å². The highest BCUT2D eigenvalue weighted by Gasteiger charge is 2.40. The number of piperidine rings is 1. The van der Waals surface area contributed by atoms with Crippen LogP contribution in [0.5, 0.6) is 0 Å². The Kier molecular flexibility index (Phi) is 3.49. The first-order valence-electron chi connectivity index (χ1n) is 7.35. The highest BCUT2D eigenvalue weighted by molar-refractivity contribution is 4.92. The lowest BCUT2D eigenvalue weighted by atomic mass is 9.95. The Balaban J connectivity index is 1.34. The van der Waals surface area contributed by atoms with Crippen molar-refractivity contribution in [2.45, 2.75) is 38.5 Å². The topological polar surface area (TPSA) is 24.1 Å². The van der Waals surface area contributed by atoms with E-state index in [2.05, 4.69) is 10.6 Å². The molecule has 0 spiro atoms. The fourth-order valence-corrected chi connectivity index (χ4v) is 3.31. The molecule has 0 bridgehead atoms. The van der Waals surface area contributed by atoms with Gasteiger partial charge in [0.15, 0.2) is 0 Å². The molecule has 16 heavy (non-hydrogen) atoms. The van der Waals surface area contributed by atoms with E-state index in [1.165, 1.54) is 64.7 Å². The Hall–Kier alpha value is -0.0800. The van der Waals surface area contributed by atoms with E-state index in [0.717, 1.165) is 23.7 Å². The molecule has 3 fully saturated rings. The van der Waals surface area contributed by atoms with E-state index in [4.69, 9.17) is 0 Å². The van der Waals surface area contributed by atoms with Gasteiger partial charge in [-0.3, -0.25) is 0 Å². The summed E-state index contributed by atoms with van der Waals surface area (Å²) in [7, 11) is 0. The maximum absolute atomic E-state index is 3.77. The van der Waals surface area contributed by atoms with Gasteiger partial charge in [0.1, 0.15) is 0 Å². The van der Waals surface area contributed by atoms with Crippen LogP contribution in [0, 0.1) is 23.7 Å². The summed E-state index contributed by atoms with van der Waals surface area (Å²) in [4.78, 5) is 0. The first kappa shape index (κ1) is 11.0. The third-order valence-electron chi connectivity index (χ3n) is 4.73. The zero-order valence-electron chi connectivity index (χ0n) is 10.4. The quantitative estimate of drug-likeness (QED) is 0.718. The fourth-order valence-electron chi connectivity index (χ4n) is 3.31. The minimum Gasteiger partial charge on any atom is -0.317 e. The van der Waals surface area contributed by atoms with Crippen LogP contribution >= 0.6 is 0 Å². The van der Waals surface area contributed by atoms with Crippen LogP contribution < -0.4 is 10.6 Å². The van der Waals surface area contributed by atoms with Gasteiger partial charge in [-0.15, -0.1) is 0 Å². The monoisotopic (exact) mass is 222 g/mol. The predicted molar refractivity (Wildman–Crippen MR) is 67.4 cm³/mol. The summed E-state index contributed by atoms with van der Waals surface area (Å²) in [5, 5.41) is 7.21. The van der Waals surface area contributed by atoms with E-state index in [1.807, 2.05) is 0 Å². The molecule has 3 aliphatic rings. The predicted octanol–water partition coefficient (Wildman–Crippen LogP) is 2.01. The molecule has 2 aliphatic carbocycles. The molecule has 2 nitrogen and oxygen atoms in total. The van der Waals surface area contributed by atoms with Crippen molar-refractivity contribution in [2.75, 3.05) is 26.2 Å². The van der Waals surface area contributed by atoms with E-state index < -0.39 is 0 Å². The molecule has 0 unspecified atom stereocenters. The zero-order valence-corrected chi connectivity index (χ0v) is 10.4. The molecule has 1 saturated heterocycles. The minimum atomic E-state index is 0.945. The molecule has 3 rings (SSSR count). The highest BCUT2D eigenvalue weighted by Crippen LogP contribution is 2.48. The number of rotatable bonds is 6. The average molecular weight is 222 g/mol. The Morgan fingerprint density at radius 3 is 2.12 bits per heavy atom. The van der Waals surface area contributed by atoms with Crippen molar-refractivity contribution in [3.63, 3.8) is 0 Å². The van der Waals surface area contributed by atoms with Crippen molar-refractivity contribution in [1.29, 1.82) is 0 Å². The lowest BCUT2D eigenvalue weighted by Crippen LogP contribution is -2.35. The molecule has 0 amide bonds. The molecule has 2 heteroatoms. The molecular formula is C14H26N2. The van der Waals surface area contributed by atoms with E-state index in [1.54, 1.807) is 0 Å². The molecule has 0 radical (unpaired) electrons. The zero-order chi connectivity index (χ0) is 10.8. The molecule has 0 atom stereocenters. The first-order valence-corrected chi connectivity index (χ1v) is 7.35. The molecular weight excluding hydrogens is 196 g/mol. The van der Waals surface area contributed by atoms with Gasteiger partial charge in [0.25, 0.3) is 0 Å². The van der Waals surface area contributed by atoms with Gasteiger partial charge in [-0.05, 0) is 88.4 Å². The molecule has 92 valence electrons. The van der Waals surface area contributed by atoms with Crippen molar-refractivity contribution in [2.24, 2.45) is 23.7 Å². The summed E-state index contributed by atoms with van der Waals surface area (Å²) < 4.78 is 0. The van der Waals surface area contributed by atoms with Gasteiger partial charge < -0.3 is 10.6 Å². The van der Waals surface area contributed by atoms with Crippen LogP contribution in [0.4, 0.5) is 0 Å². The third kappa shape index (κ3) is 2.98. The molecule has 1 aliphatic heterocycles. The number of hydrogen-bond donors (Lipinski definition) is 2. The van der Waals surface area contributed by atoms with Crippen molar-refractivity contribution in [1.82, 2.24) is 10.6 Å². The summed E-state index contributed by atoms with van der Waals surface area (Å²) >= 11 is 0. The smallest absolute Gasteiger partial charge is 0.00151 e. The van der Waals surface area contributed by atoms with Crippen molar-refractivity contribution < 1.29 is 0 Å². The van der Waals surface area contributed by atoms with Crippen LogP contribution in [-0.4, -0.2) is 26.2 Å². The minimum absolute atomic E-state index is 0.945. The van der Waals surface area contributed by atoms with Crippen LogP contribution in [-0.2, 0) is 0 Å². The van der Waals surface area contributed by atoms with Crippen molar-refractivity contribution in [3.05, 3.63) is 0 Å². The fraction of sp³-hybridized carbons (Fsp3) is 1.00.